The molecule has 1 heterocycles. The van der Waals surface area contributed by atoms with Crippen LogP contribution in [0.2, 0.25) is 0 Å². The van der Waals surface area contributed by atoms with E-state index in [1.807, 2.05) is 6.08 Å². The lowest BCUT2D eigenvalue weighted by Gasteiger charge is -2.17. The Hall–Kier alpha value is -2.50. The van der Waals surface area contributed by atoms with Crippen LogP contribution >= 0.6 is 0 Å². The minimum absolute atomic E-state index is 0.123. The number of likely N-dealkylation sites (tertiary alicyclic amines) is 1. The van der Waals surface area contributed by atoms with Gasteiger partial charge in [0.25, 0.3) is 5.69 Å². The first-order valence-electron chi connectivity index (χ1n) is 8.71. The summed E-state index contributed by atoms with van der Waals surface area (Å²) < 4.78 is 35.0. The van der Waals surface area contributed by atoms with Gasteiger partial charge < -0.3 is 4.74 Å². The highest BCUT2D eigenvalue weighted by atomic mass is 32.2. The van der Waals surface area contributed by atoms with Crippen LogP contribution in [0.15, 0.2) is 36.4 Å². The number of hydrogen-bond acceptors (Lipinski definition) is 8. The van der Waals surface area contributed by atoms with Crippen molar-refractivity contribution in [3.63, 3.8) is 0 Å². The van der Waals surface area contributed by atoms with Gasteiger partial charge in [0, 0.05) is 18.7 Å². The number of nitrogens with one attached hydrogen (secondary N) is 1. The highest BCUT2D eigenvalue weighted by molar-refractivity contribution is 7.85. The van der Waals surface area contributed by atoms with Crippen molar-refractivity contribution in [3.8, 4) is 0 Å². The van der Waals surface area contributed by atoms with Crippen LogP contribution in [-0.2, 0) is 19.2 Å². The smallest absolute Gasteiger partial charge is 0.422 e. The molecule has 1 aromatic rings. The van der Waals surface area contributed by atoms with Crippen LogP contribution in [0.3, 0.4) is 0 Å². The number of rotatable bonds is 9. The van der Waals surface area contributed by atoms with E-state index in [9.17, 15) is 23.3 Å². The summed E-state index contributed by atoms with van der Waals surface area (Å²) >= 11 is 0. The van der Waals surface area contributed by atoms with E-state index in [0.717, 1.165) is 26.7 Å². The average molecular weight is 413 g/mol. The lowest BCUT2D eigenvalue weighted by atomic mass is 10.1. The van der Waals surface area contributed by atoms with E-state index in [1.54, 1.807) is 10.8 Å². The van der Waals surface area contributed by atoms with Gasteiger partial charge in [-0.2, -0.15) is 13.1 Å². The van der Waals surface area contributed by atoms with E-state index in [4.69, 9.17) is 4.18 Å². The molecule has 1 fully saturated rings. The van der Waals surface area contributed by atoms with Gasteiger partial charge >= 0.3 is 16.4 Å². The van der Waals surface area contributed by atoms with Crippen molar-refractivity contribution in [2.75, 3.05) is 26.7 Å². The zero-order chi connectivity index (χ0) is 20.6. The fourth-order valence-corrected chi connectivity index (χ4v) is 3.60. The second-order valence-corrected chi connectivity index (χ2v) is 7.50. The number of non-ortho nitro benzene ring substituents is 1. The molecule has 2 rings (SSSR count). The molecule has 10 nitrogen and oxygen atoms in total. The summed E-state index contributed by atoms with van der Waals surface area (Å²) in [5, 5.41) is 10.8. The molecule has 0 aliphatic carbocycles. The Balaban J connectivity index is 2.10. The Morgan fingerprint density at radius 1 is 1.29 bits per heavy atom. The average Bonchev–Trinajstić information content (AvgIpc) is 3.17. The maximum atomic E-state index is 12.0. The summed E-state index contributed by atoms with van der Waals surface area (Å²) in [5.41, 5.74) is 0.300. The number of nitro groups is 1. The summed E-state index contributed by atoms with van der Waals surface area (Å²) in [5.74, 6) is 0. The molecule has 1 atom stereocenters. The van der Waals surface area contributed by atoms with Crippen molar-refractivity contribution >= 4 is 22.1 Å². The predicted molar refractivity (Wildman–Crippen MR) is 101 cm³/mol. The quantitative estimate of drug-likeness (QED) is 0.371. The van der Waals surface area contributed by atoms with Crippen molar-refractivity contribution in [1.29, 1.82) is 0 Å². The number of carbonyl (C=O) groups is 1. The molecule has 1 amide bonds. The third kappa shape index (κ3) is 6.91. The number of nitrogens with zero attached hydrogens (tertiary/aromatic N) is 2. The molecule has 0 aromatic heterocycles. The number of methoxy groups -OCH3 is 1. The van der Waals surface area contributed by atoms with E-state index in [0.29, 0.717) is 5.56 Å². The molecule has 0 radical (unpaired) electrons. The molecule has 0 bridgehead atoms. The summed E-state index contributed by atoms with van der Waals surface area (Å²) in [6, 6.07) is 5.37. The Morgan fingerprint density at radius 2 is 1.93 bits per heavy atom. The van der Waals surface area contributed by atoms with E-state index >= 15 is 0 Å². The normalized spacial score (nSPS) is 16.2. The number of nitro benzene ring substituents is 1. The van der Waals surface area contributed by atoms with E-state index in [2.05, 4.69) is 9.64 Å². The van der Waals surface area contributed by atoms with Gasteiger partial charge in [0.1, 0.15) is 6.10 Å². The Morgan fingerprint density at radius 3 is 2.50 bits per heavy atom. The minimum Gasteiger partial charge on any atom is -0.452 e. The lowest BCUT2D eigenvalue weighted by Crippen LogP contribution is -2.32. The number of amides is 1. The third-order valence-corrected chi connectivity index (χ3v) is 5.09. The first-order valence-corrected chi connectivity index (χ1v) is 10.1. The molecule has 1 unspecified atom stereocenters. The van der Waals surface area contributed by atoms with Crippen LogP contribution in [0.4, 0.5) is 10.5 Å². The largest absolute Gasteiger partial charge is 0.452 e. The Bertz CT molecular complexity index is 803. The molecule has 0 saturated carbocycles. The molecule has 0 spiro atoms. The maximum absolute atomic E-state index is 12.0. The fourth-order valence-electron chi connectivity index (χ4n) is 2.77. The van der Waals surface area contributed by atoms with E-state index < -0.39 is 27.4 Å². The molecule has 1 aromatic carbocycles. The zero-order valence-corrected chi connectivity index (χ0v) is 16.3. The number of benzene rings is 1. The molecule has 154 valence electrons. The summed E-state index contributed by atoms with van der Waals surface area (Å²) in [6.07, 6.45) is 4.11. The highest BCUT2D eigenvalue weighted by Gasteiger charge is 2.23. The fraction of sp³-hybridized carbons (Fsp3) is 0.471. The first-order chi connectivity index (χ1) is 13.3. The van der Waals surface area contributed by atoms with Gasteiger partial charge in [-0.25, -0.2) is 8.98 Å². The number of carbonyl (C=O) groups excluding carboxylic acids is 1. The van der Waals surface area contributed by atoms with Crippen molar-refractivity contribution in [1.82, 2.24) is 9.62 Å². The third-order valence-electron chi connectivity index (χ3n) is 4.19. The molecule has 1 aliphatic heterocycles. The van der Waals surface area contributed by atoms with Gasteiger partial charge in [-0.3, -0.25) is 15.0 Å². The monoisotopic (exact) mass is 413 g/mol. The molecule has 1 saturated heterocycles. The van der Waals surface area contributed by atoms with Gasteiger partial charge in [0.2, 0.25) is 0 Å². The SMILES string of the molecule is COC(=O)NS(=O)(=O)OC(C/C=C/CN1CCCC1)c1ccc([N+](=O)[O-])cc1. The van der Waals surface area contributed by atoms with Gasteiger partial charge in [-0.05, 0) is 50.0 Å². The lowest BCUT2D eigenvalue weighted by molar-refractivity contribution is -0.384. The van der Waals surface area contributed by atoms with Crippen LogP contribution < -0.4 is 4.72 Å². The van der Waals surface area contributed by atoms with Gasteiger partial charge in [0.15, 0.2) is 0 Å². The Kier molecular flexibility index (Phi) is 7.91. The maximum Gasteiger partial charge on any atom is 0.422 e. The molecule has 28 heavy (non-hydrogen) atoms. The molecular formula is C17H23N3O7S. The first kappa shape index (κ1) is 21.8. The van der Waals surface area contributed by atoms with E-state index in [-0.39, 0.29) is 12.1 Å². The van der Waals surface area contributed by atoms with Crippen molar-refractivity contribution in [2.24, 2.45) is 0 Å². The van der Waals surface area contributed by atoms with Crippen LogP contribution in [0.1, 0.15) is 30.9 Å². The molecular weight excluding hydrogens is 390 g/mol. The zero-order valence-electron chi connectivity index (χ0n) is 15.4. The van der Waals surface area contributed by atoms with Gasteiger partial charge in [0.05, 0.1) is 12.0 Å². The molecule has 11 heteroatoms. The van der Waals surface area contributed by atoms with Crippen molar-refractivity contribution in [2.45, 2.75) is 25.4 Å². The Labute approximate surface area is 163 Å². The summed E-state index contributed by atoms with van der Waals surface area (Å²) in [4.78, 5) is 23.7. The van der Waals surface area contributed by atoms with Crippen molar-refractivity contribution in [3.05, 3.63) is 52.1 Å². The minimum atomic E-state index is -4.42. The van der Waals surface area contributed by atoms with Crippen LogP contribution in [0.5, 0.6) is 0 Å². The van der Waals surface area contributed by atoms with Crippen LogP contribution in [0, 0.1) is 10.1 Å². The summed E-state index contributed by atoms with van der Waals surface area (Å²) in [6.45, 7) is 2.81. The number of hydrogen-bond donors (Lipinski definition) is 1. The van der Waals surface area contributed by atoms with Crippen LogP contribution in [-0.4, -0.2) is 51.1 Å². The van der Waals surface area contributed by atoms with E-state index in [1.165, 1.54) is 37.1 Å². The topological polar surface area (TPSA) is 128 Å². The highest BCUT2D eigenvalue weighted by Crippen LogP contribution is 2.26. The number of ether oxygens (including phenoxy) is 1. The van der Waals surface area contributed by atoms with Gasteiger partial charge in [-0.1, -0.05) is 12.2 Å². The van der Waals surface area contributed by atoms with Crippen molar-refractivity contribution < 1.29 is 27.1 Å². The van der Waals surface area contributed by atoms with Gasteiger partial charge in [-0.15, -0.1) is 0 Å². The van der Waals surface area contributed by atoms with Crippen LogP contribution in [0.25, 0.3) is 0 Å². The molecule has 1 aliphatic rings. The predicted octanol–water partition coefficient (Wildman–Crippen LogP) is 2.30. The second-order valence-electron chi connectivity index (χ2n) is 6.20. The summed E-state index contributed by atoms with van der Waals surface area (Å²) in [7, 11) is -3.39. The molecule has 1 N–H and O–H groups in total. The second kappa shape index (κ2) is 10.2. The standard InChI is InChI=1S/C17H23N3O7S/c1-26-17(21)18-28(24,25)27-16(6-2-3-11-19-12-4-5-13-19)14-7-9-15(10-8-14)20(22)23/h2-3,7-10,16H,4-6,11-13H2,1H3,(H,18,21)/b3-2+.